The molecule has 6 heteroatoms. The molecule has 0 unspecified atom stereocenters. The van der Waals surface area contributed by atoms with Crippen molar-refractivity contribution in [3.63, 3.8) is 0 Å². The van der Waals surface area contributed by atoms with Crippen molar-refractivity contribution in [3.8, 4) is 5.88 Å². The summed E-state index contributed by atoms with van der Waals surface area (Å²) in [6.45, 7) is 0.576. The minimum atomic E-state index is 0.482. The molecule has 2 heterocycles. The van der Waals surface area contributed by atoms with E-state index in [1.54, 1.807) is 18.0 Å². The highest BCUT2D eigenvalue weighted by Crippen LogP contribution is 2.16. The number of nitrogens with one attached hydrogen (secondary N) is 1. The molecule has 0 aliphatic heterocycles. The number of hydrogen-bond acceptors (Lipinski definition) is 5. The summed E-state index contributed by atoms with van der Waals surface area (Å²) < 4.78 is 6.82. The topological polar surface area (TPSA) is 78.0 Å². The van der Waals surface area contributed by atoms with Crippen LogP contribution in [0.1, 0.15) is 5.69 Å². The quantitative estimate of drug-likeness (QED) is 0.824. The van der Waals surface area contributed by atoms with Crippen LogP contribution in [0.5, 0.6) is 5.88 Å². The molecular weight excluding hydrogens is 218 g/mol. The zero-order valence-corrected chi connectivity index (χ0v) is 9.84. The SMILES string of the molecule is COc1cc(CNc2cccnc2N)nn1C. The van der Waals surface area contributed by atoms with Crippen LogP contribution >= 0.6 is 0 Å². The third-order valence-electron chi connectivity index (χ3n) is 2.40. The summed E-state index contributed by atoms with van der Waals surface area (Å²) in [4.78, 5) is 4.00. The molecule has 0 aromatic carbocycles. The van der Waals surface area contributed by atoms with Gasteiger partial charge in [0, 0.05) is 19.3 Å². The molecule has 0 saturated carbocycles. The number of nitrogens with two attached hydrogens (primary N) is 1. The number of ether oxygens (including phenoxy) is 1. The third-order valence-corrected chi connectivity index (χ3v) is 2.40. The van der Waals surface area contributed by atoms with Gasteiger partial charge in [0.05, 0.1) is 25.0 Å². The summed E-state index contributed by atoms with van der Waals surface area (Å²) in [5.41, 5.74) is 7.41. The van der Waals surface area contributed by atoms with E-state index < -0.39 is 0 Å². The van der Waals surface area contributed by atoms with Crippen LogP contribution < -0.4 is 15.8 Å². The summed E-state index contributed by atoms with van der Waals surface area (Å²) >= 11 is 0. The monoisotopic (exact) mass is 233 g/mol. The lowest BCUT2D eigenvalue weighted by Gasteiger charge is -2.05. The Labute approximate surface area is 99.4 Å². The van der Waals surface area contributed by atoms with E-state index in [0.29, 0.717) is 12.4 Å². The molecule has 0 amide bonds. The smallest absolute Gasteiger partial charge is 0.211 e. The number of nitrogens with zero attached hydrogens (tertiary/aromatic N) is 3. The standard InChI is InChI=1S/C11H15N5O/c1-16-10(17-2)6-8(15-16)7-14-9-4-3-5-13-11(9)12/h3-6,14H,7H2,1-2H3,(H2,12,13). The molecule has 0 saturated heterocycles. The summed E-state index contributed by atoms with van der Waals surface area (Å²) in [5.74, 6) is 1.20. The Morgan fingerprint density at radius 2 is 2.35 bits per heavy atom. The van der Waals surface area contributed by atoms with Crippen molar-refractivity contribution in [1.82, 2.24) is 14.8 Å². The van der Waals surface area contributed by atoms with E-state index in [2.05, 4.69) is 15.4 Å². The van der Waals surface area contributed by atoms with Gasteiger partial charge in [-0.1, -0.05) is 0 Å². The largest absolute Gasteiger partial charge is 0.481 e. The second-order valence-electron chi connectivity index (χ2n) is 3.59. The number of aromatic nitrogens is 3. The highest BCUT2D eigenvalue weighted by atomic mass is 16.5. The first-order valence-electron chi connectivity index (χ1n) is 5.22. The molecule has 17 heavy (non-hydrogen) atoms. The zero-order valence-electron chi connectivity index (χ0n) is 9.84. The van der Waals surface area contributed by atoms with Crippen molar-refractivity contribution in [2.75, 3.05) is 18.2 Å². The maximum Gasteiger partial charge on any atom is 0.211 e. The Bertz CT molecular complexity index is 508. The summed E-state index contributed by atoms with van der Waals surface area (Å²) in [6.07, 6.45) is 1.66. The third kappa shape index (κ3) is 2.47. The molecule has 2 aromatic heterocycles. The van der Waals surface area contributed by atoms with Crippen LogP contribution in [0.25, 0.3) is 0 Å². The number of anilines is 2. The molecule has 0 aliphatic carbocycles. The number of methoxy groups -OCH3 is 1. The number of hydrogen-bond donors (Lipinski definition) is 2. The maximum atomic E-state index is 5.72. The number of pyridine rings is 1. The first-order valence-corrected chi connectivity index (χ1v) is 5.22. The Balaban J connectivity index is 2.05. The van der Waals surface area contributed by atoms with E-state index >= 15 is 0 Å². The van der Waals surface area contributed by atoms with Crippen molar-refractivity contribution < 1.29 is 4.74 Å². The van der Waals surface area contributed by atoms with Crippen molar-refractivity contribution in [1.29, 1.82) is 0 Å². The van der Waals surface area contributed by atoms with E-state index in [1.807, 2.05) is 25.2 Å². The van der Waals surface area contributed by atoms with Gasteiger partial charge in [0.1, 0.15) is 5.82 Å². The molecule has 0 bridgehead atoms. The van der Waals surface area contributed by atoms with Gasteiger partial charge in [0.2, 0.25) is 5.88 Å². The fourth-order valence-corrected chi connectivity index (χ4v) is 1.54. The second kappa shape index (κ2) is 4.73. The van der Waals surface area contributed by atoms with E-state index in [4.69, 9.17) is 10.5 Å². The molecule has 0 fully saturated rings. The van der Waals surface area contributed by atoms with E-state index in [-0.39, 0.29) is 0 Å². The lowest BCUT2D eigenvalue weighted by molar-refractivity contribution is 0.373. The first-order chi connectivity index (χ1) is 8.20. The predicted molar refractivity (Wildman–Crippen MR) is 65.7 cm³/mol. The number of nitrogen functional groups attached to an aromatic ring is 1. The molecule has 6 nitrogen and oxygen atoms in total. The fourth-order valence-electron chi connectivity index (χ4n) is 1.54. The van der Waals surface area contributed by atoms with Crippen molar-refractivity contribution in [2.24, 2.45) is 7.05 Å². The van der Waals surface area contributed by atoms with Gasteiger partial charge < -0.3 is 15.8 Å². The van der Waals surface area contributed by atoms with Crippen LogP contribution in [0.3, 0.4) is 0 Å². The summed E-state index contributed by atoms with van der Waals surface area (Å²) in [5, 5.41) is 7.47. The molecule has 0 atom stereocenters. The predicted octanol–water partition coefficient (Wildman–Crippen LogP) is 1.02. The van der Waals surface area contributed by atoms with Gasteiger partial charge in [0.25, 0.3) is 0 Å². The van der Waals surface area contributed by atoms with Crippen molar-refractivity contribution >= 4 is 11.5 Å². The van der Waals surface area contributed by atoms with Crippen LogP contribution in [0.2, 0.25) is 0 Å². The Hall–Kier alpha value is -2.24. The molecule has 90 valence electrons. The van der Waals surface area contributed by atoms with Crippen LogP contribution in [0, 0.1) is 0 Å². The van der Waals surface area contributed by atoms with Crippen molar-refractivity contribution in [3.05, 3.63) is 30.1 Å². The fraction of sp³-hybridized carbons (Fsp3) is 0.273. The minimum Gasteiger partial charge on any atom is -0.481 e. The van der Waals surface area contributed by atoms with Gasteiger partial charge >= 0.3 is 0 Å². The number of rotatable bonds is 4. The lowest BCUT2D eigenvalue weighted by Crippen LogP contribution is -2.04. The molecule has 0 radical (unpaired) electrons. The average molecular weight is 233 g/mol. The van der Waals surface area contributed by atoms with Gasteiger partial charge in [-0.3, -0.25) is 0 Å². The lowest BCUT2D eigenvalue weighted by atomic mass is 10.3. The molecule has 0 spiro atoms. The average Bonchev–Trinajstić information content (AvgIpc) is 2.69. The van der Waals surface area contributed by atoms with E-state index in [0.717, 1.165) is 17.3 Å². The van der Waals surface area contributed by atoms with Crippen molar-refractivity contribution in [2.45, 2.75) is 6.54 Å². The summed E-state index contributed by atoms with van der Waals surface area (Å²) in [6, 6.07) is 5.58. The van der Waals surface area contributed by atoms with Gasteiger partial charge in [-0.05, 0) is 12.1 Å². The van der Waals surface area contributed by atoms with Gasteiger partial charge in [-0.25, -0.2) is 9.67 Å². The second-order valence-corrected chi connectivity index (χ2v) is 3.59. The minimum absolute atomic E-state index is 0.482. The van der Waals surface area contributed by atoms with Gasteiger partial charge in [0.15, 0.2) is 0 Å². The Morgan fingerprint density at radius 3 is 3.00 bits per heavy atom. The van der Waals surface area contributed by atoms with Crippen LogP contribution in [0.15, 0.2) is 24.4 Å². The molecule has 2 aromatic rings. The molecule has 0 aliphatic rings. The van der Waals surface area contributed by atoms with Gasteiger partial charge in [-0.15, -0.1) is 0 Å². The normalized spacial score (nSPS) is 10.2. The first kappa shape index (κ1) is 11.3. The number of aryl methyl sites for hydroxylation is 1. The van der Waals surface area contributed by atoms with E-state index in [1.165, 1.54) is 0 Å². The highest BCUT2D eigenvalue weighted by Gasteiger charge is 2.05. The van der Waals surface area contributed by atoms with Crippen LogP contribution in [-0.2, 0) is 13.6 Å². The molecule has 3 N–H and O–H groups in total. The molecular formula is C11H15N5O. The van der Waals surface area contributed by atoms with Crippen LogP contribution in [-0.4, -0.2) is 21.9 Å². The zero-order chi connectivity index (χ0) is 12.3. The Morgan fingerprint density at radius 1 is 1.53 bits per heavy atom. The van der Waals surface area contributed by atoms with Crippen LogP contribution in [0.4, 0.5) is 11.5 Å². The van der Waals surface area contributed by atoms with E-state index in [9.17, 15) is 0 Å². The van der Waals surface area contributed by atoms with Gasteiger partial charge in [-0.2, -0.15) is 5.10 Å². The maximum absolute atomic E-state index is 5.72. The molecule has 2 rings (SSSR count). The summed E-state index contributed by atoms with van der Waals surface area (Å²) in [7, 11) is 3.45. The Kier molecular flexibility index (Phi) is 3.13. The highest BCUT2D eigenvalue weighted by molar-refractivity contribution is 5.60.